The summed E-state index contributed by atoms with van der Waals surface area (Å²) < 4.78 is 8.26. The predicted molar refractivity (Wildman–Crippen MR) is 189 cm³/mol. The van der Waals surface area contributed by atoms with Crippen molar-refractivity contribution in [2.24, 2.45) is 10.7 Å². The minimum Gasteiger partial charge on any atom is -0.469 e. The molecule has 1 rings (SSSR count). The summed E-state index contributed by atoms with van der Waals surface area (Å²) in [4.78, 5) is 45.4. The first-order chi connectivity index (χ1) is 16.8. The van der Waals surface area contributed by atoms with Crippen LogP contribution in [0.5, 0.6) is 0 Å². The van der Waals surface area contributed by atoms with Gasteiger partial charge in [-0.15, -0.1) is 0 Å². The molecule has 1 heterocycles. The van der Waals surface area contributed by atoms with Gasteiger partial charge in [0, 0.05) is 55.6 Å². The van der Waals surface area contributed by atoms with Crippen LogP contribution < -0.4 is 27.0 Å². The van der Waals surface area contributed by atoms with Crippen LogP contribution in [0.2, 0.25) is 0 Å². The molecule has 0 aliphatic carbocycles. The molecular formula is C29H79N7O6. The van der Waals surface area contributed by atoms with Crippen molar-refractivity contribution < 1.29 is 28.7 Å². The van der Waals surface area contributed by atoms with Crippen LogP contribution >= 0.6 is 0 Å². The zero-order valence-electron chi connectivity index (χ0n) is 25.0. The van der Waals surface area contributed by atoms with Crippen LogP contribution in [0.15, 0.2) is 4.99 Å². The Hall–Kier alpha value is -3.09. The maximum absolute atomic E-state index is 9.96. The Labute approximate surface area is 263 Å². The number of likely N-dealkylation sites (N-methyl/N-ethyl adjacent to an activating group) is 1. The number of nitrogens with zero attached hydrogens (tertiary/aromatic N) is 2. The van der Waals surface area contributed by atoms with Crippen LogP contribution in [0.1, 0.15) is 98.9 Å². The lowest BCUT2D eigenvalue weighted by Gasteiger charge is -2.07. The number of amidine groups is 1. The monoisotopic (exact) mass is 622 g/mol. The molecule has 0 spiro atoms. The molecule has 0 aromatic carbocycles. The molecule has 4 amide bonds. The van der Waals surface area contributed by atoms with Crippen LogP contribution in [0.4, 0.5) is 9.59 Å². The zero-order chi connectivity index (χ0) is 29.9. The lowest BCUT2D eigenvalue weighted by molar-refractivity contribution is -0.138. The lowest BCUT2D eigenvalue weighted by Crippen LogP contribution is -2.28. The van der Waals surface area contributed by atoms with Gasteiger partial charge in [0.25, 0.3) is 0 Å². The summed E-state index contributed by atoms with van der Waals surface area (Å²) in [6, 6.07) is -0.157. The number of aliphatic imine (C=N–C) groups is 1. The van der Waals surface area contributed by atoms with Crippen LogP contribution in [0.25, 0.3) is 0 Å². The van der Waals surface area contributed by atoms with E-state index in [1.807, 2.05) is 13.8 Å². The number of carbonyl (C=O) groups is 4. The molecule has 0 atom stereocenters. The fraction of sp³-hybridized carbons (Fsp3) is 0.828. The summed E-state index contributed by atoms with van der Waals surface area (Å²) in [7, 11) is 11.0. The molecular weight excluding hydrogens is 542 g/mol. The number of rotatable bonds is 1. The van der Waals surface area contributed by atoms with Crippen molar-refractivity contribution >= 4 is 29.8 Å². The standard InChI is InChI=1S/C5H10N2.C4H10.C3H8N2O.C3H7NO2.C3H7NO.C3H6O2.C2H7N.6CH4/c1-5-6-3-4-7(5)2;1-3-4-2;1-4-3(6)5-2;1-4-3(5)6-2;1-3(5)4-2;1-3(4)5-2;1-2-3;;;;;;/h3-4H2,1-2H3;3-4H2,1-2H3;1-2H3,(H2,4,5,6);1-2H3,(H,4,5);1-2H3,(H,4,5);1-2H3;2-3H2,1H3;6*1H4. The van der Waals surface area contributed by atoms with E-state index in [0.29, 0.717) is 0 Å². The van der Waals surface area contributed by atoms with Gasteiger partial charge in [0.2, 0.25) is 5.91 Å². The predicted octanol–water partition coefficient (Wildman–Crippen LogP) is 5.39. The molecule has 0 unspecified atom stereocenters. The number of esters is 1. The Morgan fingerprint density at radius 2 is 1.10 bits per heavy atom. The van der Waals surface area contributed by atoms with Crippen molar-refractivity contribution in [1.29, 1.82) is 0 Å². The number of urea groups is 1. The minimum atomic E-state index is -0.407. The van der Waals surface area contributed by atoms with Gasteiger partial charge in [-0.05, 0) is 13.5 Å². The largest absolute Gasteiger partial charge is 0.469 e. The van der Waals surface area contributed by atoms with Gasteiger partial charge in [-0.1, -0.05) is 78.2 Å². The third kappa shape index (κ3) is 120. The number of ether oxygens (including phenoxy) is 2. The van der Waals surface area contributed by atoms with E-state index < -0.39 is 6.09 Å². The summed E-state index contributed by atoms with van der Waals surface area (Å²) in [6.45, 7) is 14.0. The molecule has 1 aliphatic rings. The van der Waals surface area contributed by atoms with Crippen molar-refractivity contribution in [3.05, 3.63) is 0 Å². The van der Waals surface area contributed by atoms with Crippen LogP contribution in [-0.4, -0.2) is 104 Å². The topological polar surface area (TPSA) is 176 Å². The summed E-state index contributed by atoms with van der Waals surface area (Å²) in [5.41, 5.74) is 4.85. The number of amides is 4. The van der Waals surface area contributed by atoms with Gasteiger partial charge in [0.15, 0.2) is 0 Å². The molecule has 0 saturated carbocycles. The number of nitrogens with two attached hydrogens (primary N) is 1. The highest BCUT2D eigenvalue weighted by Gasteiger charge is 2.04. The summed E-state index contributed by atoms with van der Waals surface area (Å²) in [6.07, 6.45) is 2.23. The number of carbonyl (C=O) groups excluding carboxylic acids is 4. The quantitative estimate of drug-likeness (QED) is 0.242. The van der Waals surface area contributed by atoms with Crippen molar-refractivity contribution in [1.82, 2.24) is 26.2 Å². The first kappa shape index (κ1) is 77.2. The second kappa shape index (κ2) is 71.3. The van der Waals surface area contributed by atoms with Crippen molar-refractivity contribution in [2.45, 2.75) is 98.9 Å². The molecule has 13 heteroatoms. The number of nitrogens with one attached hydrogen (secondary N) is 4. The maximum atomic E-state index is 9.96. The molecule has 1 aliphatic heterocycles. The van der Waals surface area contributed by atoms with E-state index in [2.05, 4.69) is 61.5 Å². The number of methoxy groups -OCH3 is 2. The van der Waals surface area contributed by atoms with E-state index in [0.717, 1.165) is 19.6 Å². The zero-order valence-corrected chi connectivity index (χ0v) is 25.0. The maximum Gasteiger partial charge on any atom is 0.406 e. The van der Waals surface area contributed by atoms with E-state index in [1.165, 1.54) is 53.8 Å². The van der Waals surface area contributed by atoms with Crippen LogP contribution in [0.3, 0.4) is 0 Å². The van der Waals surface area contributed by atoms with E-state index in [9.17, 15) is 19.2 Å². The number of hydrogen-bond donors (Lipinski definition) is 5. The molecule has 266 valence electrons. The fourth-order valence-electron chi connectivity index (χ4n) is 0.871. The highest BCUT2D eigenvalue weighted by molar-refractivity contribution is 5.80. The highest BCUT2D eigenvalue weighted by Crippen LogP contribution is 1.94. The minimum absolute atomic E-state index is 0. The van der Waals surface area contributed by atoms with Gasteiger partial charge in [0.1, 0.15) is 0 Å². The van der Waals surface area contributed by atoms with E-state index in [1.54, 1.807) is 21.1 Å². The third-order valence-corrected chi connectivity index (χ3v) is 3.31. The van der Waals surface area contributed by atoms with Crippen LogP contribution in [-0.2, 0) is 19.1 Å². The Kier molecular flexibility index (Phi) is 131. The molecule has 0 fully saturated rings. The third-order valence-electron chi connectivity index (χ3n) is 3.31. The Morgan fingerprint density at radius 3 is 1.12 bits per heavy atom. The fourth-order valence-corrected chi connectivity index (χ4v) is 0.871. The van der Waals surface area contributed by atoms with Crippen molar-refractivity contribution in [3.63, 3.8) is 0 Å². The molecule has 42 heavy (non-hydrogen) atoms. The number of hydrogen-bond acceptors (Lipinski definition) is 9. The van der Waals surface area contributed by atoms with Crippen LogP contribution in [0, 0.1) is 0 Å². The van der Waals surface area contributed by atoms with Gasteiger partial charge in [0.05, 0.1) is 26.6 Å². The second-order valence-electron chi connectivity index (χ2n) is 6.33. The molecule has 0 aromatic heterocycles. The summed E-state index contributed by atoms with van der Waals surface area (Å²) in [5.74, 6) is 0.926. The Balaban J connectivity index is -0.0000000247. The Morgan fingerprint density at radius 1 is 0.786 bits per heavy atom. The van der Waals surface area contributed by atoms with Gasteiger partial charge >= 0.3 is 18.1 Å². The van der Waals surface area contributed by atoms with Gasteiger partial charge in [-0.3, -0.25) is 14.6 Å². The Bertz CT molecular complexity index is 493. The normalized spacial score (nSPS) is 8.14. The molecule has 0 radical (unpaired) electrons. The molecule has 0 saturated heterocycles. The average molecular weight is 622 g/mol. The summed E-state index contributed by atoms with van der Waals surface area (Å²) in [5, 5.41) is 9.37. The van der Waals surface area contributed by atoms with Crippen molar-refractivity contribution in [3.8, 4) is 0 Å². The highest BCUT2D eigenvalue weighted by atomic mass is 16.5. The van der Waals surface area contributed by atoms with Gasteiger partial charge < -0.3 is 41.4 Å². The SMILES string of the molecule is C.C.C.C.C.C.CC1=NCCN1C.CCCC.CCN.CNC(=O)NC.CNC(=O)OC.CNC(C)=O.COC(C)=O. The first-order valence-electron chi connectivity index (χ1n) is 11.6. The molecule has 0 aromatic rings. The molecule has 13 nitrogen and oxygen atoms in total. The average Bonchev–Trinajstić information content (AvgIpc) is 3.26. The molecule has 0 bridgehead atoms. The van der Waals surface area contributed by atoms with Crippen molar-refractivity contribution in [2.75, 3.05) is 69.1 Å². The smallest absolute Gasteiger partial charge is 0.406 e. The summed E-state index contributed by atoms with van der Waals surface area (Å²) >= 11 is 0. The number of unbranched alkanes of at least 4 members (excludes halogenated alkanes) is 1. The molecule has 6 N–H and O–H groups in total. The van der Waals surface area contributed by atoms with E-state index >= 15 is 0 Å². The van der Waals surface area contributed by atoms with E-state index in [-0.39, 0.29) is 62.5 Å². The second-order valence-corrected chi connectivity index (χ2v) is 6.33. The van der Waals surface area contributed by atoms with E-state index in [4.69, 9.17) is 5.73 Å². The van der Waals surface area contributed by atoms with Gasteiger partial charge in [-0.25, -0.2) is 9.59 Å². The number of alkyl carbamates (subject to hydrolysis) is 1. The lowest BCUT2D eigenvalue weighted by atomic mass is 10.4. The van der Waals surface area contributed by atoms with Gasteiger partial charge in [-0.2, -0.15) is 0 Å². The first-order valence-corrected chi connectivity index (χ1v) is 11.6.